The first-order valence-electron chi connectivity index (χ1n) is 6.74. The van der Waals surface area contributed by atoms with Gasteiger partial charge in [-0.25, -0.2) is 0 Å². The number of aliphatic hydroxyl groups excluding tert-OH is 1. The summed E-state index contributed by atoms with van der Waals surface area (Å²) in [5.41, 5.74) is 1.20. The highest BCUT2D eigenvalue weighted by Crippen LogP contribution is 2.28. The molecule has 2 atom stereocenters. The number of thioether (sulfide) groups is 1. The van der Waals surface area contributed by atoms with Crippen molar-refractivity contribution in [3.8, 4) is 0 Å². The third kappa shape index (κ3) is 6.26. The van der Waals surface area contributed by atoms with E-state index < -0.39 is 6.10 Å². The topological polar surface area (TPSA) is 37.3 Å². The molecule has 0 unspecified atom stereocenters. The first kappa shape index (κ1) is 16.3. The molecular weight excluding hydrogens is 256 g/mol. The Morgan fingerprint density at radius 3 is 2.37 bits per heavy atom. The maximum atomic E-state index is 12.0. The number of hydrogen-bond donors (Lipinski definition) is 1. The van der Waals surface area contributed by atoms with Crippen molar-refractivity contribution in [1.29, 1.82) is 0 Å². The molecule has 1 rings (SSSR count). The zero-order chi connectivity index (χ0) is 14.5. The molecule has 0 amide bonds. The minimum atomic E-state index is -0.567. The Hall–Kier alpha value is -0.800. The zero-order valence-electron chi connectivity index (χ0n) is 12.2. The van der Waals surface area contributed by atoms with Crippen LogP contribution in [0.3, 0.4) is 0 Å². The highest BCUT2D eigenvalue weighted by Gasteiger charge is 2.26. The van der Waals surface area contributed by atoms with Gasteiger partial charge in [0, 0.05) is 4.75 Å². The fourth-order valence-corrected chi connectivity index (χ4v) is 2.71. The van der Waals surface area contributed by atoms with Crippen LogP contribution >= 0.6 is 11.8 Å². The molecule has 0 aliphatic carbocycles. The number of aryl methyl sites for hydroxylation is 1. The van der Waals surface area contributed by atoms with Gasteiger partial charge in [0.05, 0.1) is 12.0 Å². The van der Waals surface area contributed by atoms with Crippen molar-refractivity contribution in [3.05, 3.63) is 35.9 Å². The third-order valence-corrected chi connectivity index (χ3v) is 4.11. The molecule has 1 aromatic carbocycles. The Labute approximate surface area is 120 Å². The van der Waals surface area contributed by atoms with E-state index in [9.17, 15) is 9.90 Å². The Bertz CT molecular complexity index is 395. The molecule has 0 saturated carbocycles. The summed E-state index contributed by atoms with van der Waals surface area (Å²) in [5, 5.41) is 10.2. The molecule has 0 radical (unpaired) electrons. The first-order valence-corrected chi connectivity index (χ1v) is 7.56. The molecule has 1 aromatic rings. The van der Waals surface area contributed by atoms with Gasteiger partial charge < -0.3 is 5.11 Å². The van der Waals surface area contributed by atoms with Crippen molar-refractivity contribution in [2.24, 2.45) is 5.92 Å². The molecule has 3 heteroatoms. The quantitative estimate of drug-likeness (QED) is 0.894. The lowest BCUT2D eigenvalue weighted by molar-refractivity contribution is -0.117. The first-order chi connectivity index (χ1) is 8.79. The van der Waals surface area contributed by atoms with E-state index in [0.29, 0.717) is 6.42 Å². The third-order valence-electron chi connectivity index (χ3n) is 2.93. The average Bonchev–Trinajstić information content (AvgIpc) is 2.34. The molecule has 19 heavy (non-hydrogen) atoms. The van der Waals surface area contributed by atoms with Crippen LogP contribution < -0.4 is 0 Å². The molecule has 0 aromatic heterocycles. The molecule has 0 bridgehead atoms. The number of hydrogen-bond acceptors (Lipinski definition) is 3. The lowest BCUT2D eigenvalue weighted by Gasteiger charge is -2.22. The van der Waals surface area contributed by atoms with Gasteiger partial charge in [-0.1, -0.05) is 69.8 Å². The average molecular weight is 280 g/mol. The zero-order valence-corrected chi connectivity index (χ0v) is 13.0. The molecule has 0 fully saturated rings. The van der Waals surface area contributed by atoms with E-state index in [1.165, 1.54) is 17.3 Å². The number of rotatable bonds is 5. The predicted octanol–water partition coefficient (Wildman–Crippen LogP) is 3.67. The van der Waals surface area contributed by atoms with Crippen LogP contribution in [0.4, 0.5) is 0 Å². The van der Waals surface area contributed by atoms with Crippen molar-refractivity contribution in [2.45, 2.75) is 51.4 Å². The SMILES string of the molecule is C[C@H](C(=O)SC(C)(C)C)[C@@H](O)CCc1ccccc1. The molecule has 2 nitrogen and oxygen atoms in total. The van der Waals surface area contributed by atoms with Crippen LogP contribution in [-0.2, 0) is 11.2 Å². The van der Waals surface area contributed by atoms with Crippen LogP contribution in [-0.4, -0.2) is 21.1 Å². The van der Waals surface area contributed by atoms with Gasteiger partial charge in [-0.3, -0.25) is 4.79 Å². The van der Waals surface area contributed by atoms with E-state index in [1.54, 1.807) is 0 Å². The molecule has 1 N–H and O–H groups in total. The highest BCUT2D eigenvalue weighted by atomic mass is 32.2. The second kappa shape index (κ2) is 7.11. The molecule has 0 heterocycles. The fraction of sp³-hybridized carbons (Fsp3) is 0.562. The van der Waals surface area contributed by atoms with E-state index in [2.05, 4.69) is 0 Å². The summed E-state index contributed by atoms with van der Waals surface area (Å²) in [7, 11) is 0. The lowest BCUT2D eigenvalue weighted by atomic mass is 9.99. The number of carbonyl (C=O) groups excluding carboxylic acids is 1. The molecule has 0 spiro atoms. The Morgan fingerprint density at radius 2 is 1.84 bits per heavy atom. The monoisotopic (exact) mass is 280 g/mol. The molecule has 0 aliphatic heterocycles. The van der Waals surface area contributed by atoms with Crippen LogP contribution in [0.15, 0.2) is 30.3 Å². The number of carbonyl (C=O) groups is 1. The summed E-state index contributed by atoms with van der Waals surface area (Å²) in [6, 6.07) is 10.1. The van der Waals surface area contributed by atoms with Gasteiger partial charge in [0.15, 0.2) is 5.12 Å². The van der Waals surface area contributed by atoms with Crippen LogP contribution in [0.5, 0.6) is 0 Å². The van der Waals surface area contributed by atoms with Crippen LogP contribution in [0.2, 0.25) is 0 Å². The minimum Gasteiger partial charge on any atom is -0.392 e. The van der Waals surface area contributed by atoms with Gasteiger partial charge in [-0.05, 0) is 18.4 Å². The smallest absolute Gasteiger partial charge is 0.194 e. The molecule has 0 saturated heterocycles. The van der Waals surface area contributed by atoms with Crippen molar-refractivity contribution >= 4 is 16.9 Å². The summed E-state index contributed by atoms with van der Waals surface area (Å²) >= 11 is 1.32. The largest absolute Gasteiger partial charge is 0.392 e. The molecular formula is C16H24O2S. The Morgan fingerprint density at radius 1 is 1.26 bits per heavy atom. The van der Waals surface area contributed by atoms with E-state index in [4.69, 9.17) is 0 Å². The molecule has 0 aliphatic rings. The Kier molecular flexibility index (Phi) is 6.08. The van der Waals surface area contributed by atoms with Gasteiger partial charge in [-0.2, -0.15) is 0 Å². The fourth-order valence-electron chi connectivity index (χ4n) is 1.76. The lowest BCUT2D eigenvalue weighted by Crippen LogP contribution is -2.27. The van der Waals surface area contributed by atoms with E-state index in [0.717, 1.165) is 6.42 Å². The van der Waals surface area contributed by atoms with Crippen molar-refractivity contribution in [3.63, 3.8) is 0 Å². The van der Waals surface area contributed by atoms with Crippen LogP contribution in [0.25, 0.3) is 0 Å². The standard InChI is InChI=1S/C16H24O2S/c1-12(15(18)19-16(2,3)4)14(17)11-10-13-8-6-5-7-9-13/h5-9,12,14,17H,10-11H2,1-4H3/t12-,14-/m0/s1. The Balaban J connectivity index is 2.44. The summed E-state index contributed by atoms with van der Waals surface area (Å²) in [6.07, 6.45) is 0.865. The summed E-state index contributed by atoms with van der Waals surface area (Å²) in [4.78, 5) is 12.0. The van der Waals surface area contributed by atoms with Crippen molar-refractivity contribution < 1.29 is 9.90 Å². The second-order valence-corrected chi connectivity index (χ2v) is 7.75. The van der Waals surface area contributed by atoms with E-state index in [1.807, 2.05) is 58.0 Å². The second-order valence-electron chi connectivity index (χ2n) is 5.91. The number of aliphatic hydroxyl groups is 1. The highest BCUT2D eigenvalue weighted by molar-refractivity contribution is 8.14. The summed E-state index contributed by atoms with van der Waals surface area (Å²) < 4.78 is -0.0928. The van der Waals surface area contributed by atoms with Gasteiger partial charge in [0.1, 0.15) is 0 Å². The van der Waals surface area contributed by atoms with E-state index in [-0.39, 0.29) is 15.8 Å². The van der Waals surface area contributed by atoms with Crippen molar-refractivity contribution in [2.75, 3.05) is 0 Å². The normalized spacial score (nSPS) is 15.0. The number of benzene rings is 1. The minimum absolute atomic E-state index is 0.0769. The van der Waals surface area contributed by atoms with Crippen LogP contribution in [0.1, 0.15) is 39.7 Å². The summed E-state index contributed by atoms with van der Waals surface area (Å²) in [5.74, 6) is -0.312. The maximum Gasteiger partial charge on any atom is 0.194 e. The van der Waals surface area contributed by atoms with Gasteiger partial charge in [0.25, 0.3) is 0 Å². The van der Waals surface area contributed by atoms with Gasteiger partial charge in [0.2, 0.25) is 0 Å². The maximum absolute atomic E-state index is 12.0. The van der Waals surface area contributed by atoms with Gasteiger partial charge >= 0.3 is 0 Å². The van der Waals surface area contributed by atoms with Crippen LogP contribution in [0, 0.1) is 5.92 Å². The van der Waals surface area contributed by atoms with E-state index >= 15 is 0 Å². The molecule has 106 valence electrons. The van der Waals surface area contributed by atoms with Gasteiger partial charge in [-0.15, -0.1) is 0 Å². The van der Waals surface area contributed by atoms with Crippen molar-refractivity contribution in [1.82, 2.24) is 0 Å². The summed E-state index contributed by atoms with van der Waals surface area (Å²) in [6.45, 7) is 7.85. The predicted molar refractivity (Wildman–Crippen MR) is 82.3 cm³/mol.